The Bertz CT molecular complexity index is 562. The zero-order chi connectivity index (χ0) is 19.2. The molecular weight excluding hydrogens is 332 g/mol. The second-order valence-corrected chi connectivity index (χ2v) is 6.40. The summed E-state index contributed by atoms with van der Waals surface area (Å²) >= 11 is 0. The number of rotatable bonds is 13. The van der Waals surface area contributed by atoms with Crippen molar-refractivity contribution >= 4 is 17.7 Å². The van der Waals surface area contributed by atoms with Gasteiger partial charge in [-0.3, -0.25) is 14.4 Å². The lowest BCUT2D eigenvalue weighted by molar-refractivity contribution is -0.144. The van der Waals surface area contributed by atoms with Crippen molar-refractivity contribution in [3.63, 3.8) is 0 Å². The minimum Gasteiger partial charge on any atom is -0.466 e. The van der Waals surface area contributed by atoms with Crippen LogP contribution < -0.4 is 4.74 Å². The van der Waals surface area contributed by atoms with Crippen LogP contribution in [0.15, 0.2) is 24.3 Å². The number of unbranched alkanes of at least 4 members (excludes halogenated alkanes) is 5. The molecule has 0 radical (unpaired) electrons. The van der Waals surface area contributed by atoms with Crippen LogP contribution in [0.4, 0.5) is 0 Å². The van der Waals surface area contributed by atoms with Crippen molar-refractivity contribution in [1.82, 2.24) is 0 Å². The maximum Gasteiger partial charge on any atom is 0.311 e. The molecule has 0 unspecified atom stereocenters. The summed E-state index contributed by atoms with van der Waals surface area (Å²) in [7, 11) is 0. The zero-order valence-electron chi connectivity index (χ0n) is 15.9. The average molecular weight is 362 g/mol. The first-order valence-corrected chi connectivity index (χ1v) is 9.50. The molecule has 1 rings (SSSR count). The molecule has 26 heavy (non-hydrogen) atoms. The highest BCUT2D eigenvalue weighted by Crippen LogP contribution is 2.14. The van der Waals surface area contributed by atoms with E-state index < -0.39 is 5.97 Å². The van der Waals surface area contributed by atoms with Crippen molar-refractivity contribution in [2.45, 2.75) is 71.6 Å². The van der Waals surface area contributed by atoms with E-state index in [-0.39, 0.29) is 24.6 Å². The van der Waals surface area contributed by atoms with Gasteiger partial charge in [-0.1, -0.05) is 39.0 Å². The van der Waals surface area contributed by atoms with E-state index in [1.54, 1.807) is 24.3 Å². The number of esters is 2. The van der Waals surface area contributed by atoms with Crippen LogP contribution in [-0.2, 0) is 14.3 Å². The predicted molar refractivity (Wildman–Crippen MR) is 100 cm³/mol. The molecule has 0 saturated carbocycles. The molecule has 144 valence electrons. The molecule has 0 aliphatic carbocycles. The van der Waals surface area contributed by atoms with E-state index in [0.717, 1.165) is 12.8 Å². The quantitative estimate of drug-likeness (QED) is 0.217. The Morgan fingerprint density at radius 1 is 0.808 bits per heavy atom. The Kier molecular flexibility index (Phi) is 11.0. The number of ketones is 1. The van der Waals surface area contributed by atoms with Crippen molar-refractivity contribution in [2.24, 2.45) is 0 Å². The smallest absolute Gasteiger partial charge is 0.311 e. The molecular formula is C21H30O5. The first kappa shape index (κ1) is 21.9. The average Bonchev–Trinajstić information content (AvgIpc) is 2.61. The molecule has 0 aromatic heterocycles. The zero-order valence-corrected chi connectivity index (χ0v) is 15.9. The fourth-order valence-corrected chi connectivity index (χ4v) is 2.46. The van der Waals surface area contributed by atoms with E-state index in [1.165, 1.54) is 32.6 Å². The number of carbonyl (C=O) groups is 3. The predicted octanol–water partition coefficient (Wildman–Crippen LogP) is 4.87. The third-order valence-electron chi connectivity index (χ3n) is 4.02. The fourth-order valence-electron chi connectivity index (χ4n) is 2.46. The number of hydrogen-bond donors (Lipinski definition) is 0. The molecule has 0 aliphatic heterocycles. The topological polar surface area (TPSA) is 69.7 Å². The Hall–Kier alpha value is -2.17. The number of carbonyl (C=O) groups excluding carboxylic acids is 3. The van der Waals surface area contributed by atoms with Gasteiger partial charge in [-0.15, -0.1) is 0 Å². The fraction of sp³-hybridized carbons (Fsp3) is 0.571. The van der Waals surface area contributed by atoms with Crippen molar-refractivity contribution in [1.29, 1.82) is 0 Å². The normalized spacial score (nSPS) is 10.4. The first-order chi connectivity index (χ1) is 12.5. The molecule has 0 N–H and O–H groups in total. The van der Waals surface area contributed by atoms with Crippen LogP contribution in [0.25, 0.3) is 0 Å². The third kappa shape index (κ3) is 9.97. The second kappa shape index (κ2) is 13.1. The van der Waals surface area contributed by atoms with Crippen molar-refractivity contribution in [2.75, 3.05) is 6.61 Å². The molecule has 0 bridgehead atoms. The highest BCUT2D eigenvalue weighted by molar-refractivity contribution is 5.94. The van der Waals surface area contributed by atoms with Crippen molar-refractivity contribution in [3.05, 3.63) is 29.8 Å². The number of ether oxygens (including phenoxy) is 2. The largest absolute Gasteiger partial charge is 0.466 e. The van der Waals surface area contributed by atoms with Crippen LogP contribution in [0.1, 0.15) is 82.0 Å². The molecule has 0 aliphatic rings. The van der Waals surface area contributed by atoms with Gasteiger partial charge in [0.15, 0.2) is 5.78 Å². The van der Waals surface area contributed by atoms with E-state index in [9.17, 15) is 14.4 Å². The van der Waals surface area contributed by atoms with Crippen LogP contribution >= 0.6 is 0 Å². The summed E-state index contributed by atoms with van der Waals surface area (Å²) < 4.78 is 10.3. The molecule has 5 nitrogen and oxygen atoms in total. The standard InChI is InChI=1S/C21H30O5/c1-3-4-5-6-7-8-16-25-20(23)10-9-11-21(24)26-19-14-12-18(13-15-19)17(2)22/h12-15H,3-11,16H2,1-2H3. The number of benzene rings is 1. The summed E-state index contributed by atoms with van der Waals surface area (Å²) in [5.74, 6) is -0.311. The summed E-state index contributed by atoms with van der Waals surface area (Å²) in [5.41, 5.74) is 0.568. The van der Waals surface area contributed by atoms with Crippen molar-refractivity contribution in [3.8, 4) is 5.75 Å². The number of hydrogen-bond acceptors (Lipinski definition) is 5. The highest BCUT2D eigenvalue weighted by atomic mass is 16.5. The molecule has 0 saturated heterocycles. The molecule has 0 fully saturated rings. The summed E-state index contributed by atoms with van der Waals surface area (Å²) in [6.45, 7) is 4.12. The molecule has 1 aromatic rings. The van der Waals surface area contributed by atoms with Crippen LogP contribution in [0, 0.1) is 0 Å². The van der Waals surface area contributed by atoms with Gasteiger partial charge in [-0.05, 0) is 44.0 Å². The third-order valence-corrected chi connectivity index (χ3v) is 4.02. The van der Waals surface area contributed by atoms with Gasteiger partial charge in [-0.25, -0.2) is 0 Å². The lowest BCUT2D eigenvalue weighted by atomic mass is 10.1. The Balaban J connectivity index is 2.09. The van der Waals surface area contributed by atoms with Crippen LogP contribution in [0.3, 0.4) is 0 Å². The maximum atomic E-state index is 11.8. The Morgan fingerprint density at radius 2 is 1.42 bits per heavy atom. The van der Waals surface area contributed by atoms with Crippen LogP contribution in [0.5, 0.6) is 5.75 Å². The molecule has 5 heteroatoms. The van der Waals surface area contributed by atoms with Gasteiger partial charge in [0.05, 0.1) is 6.61 Å². The summed E-state index contributed by atoms with van der Waals surface area (Å²) in [5, 5.41) is 0. The van der Waals surface area contributed by atoms with E-state index in [0.29, 0.717) is 24.3 Å². The molecule has 0 atom stereocenters. The summed E-state index contributed by atoms with van der Waals surface area (Å²) in [4.78, 5) is 34.6. The highest BCUT2D eigenvalue weighted by Gasteiger charge is 2.09. The number of Topliss-reactive ketones (excluding diaryl/α,β-unsaturated/α-hetero) is 1. The van der Waals surface area contributed by atoms with Crippen LogP contribution in [-0.4, -0.2) is 24.3 Å². The first-order valence-electron chi connectivity index (χ1n) is 9.50. The van der Waals surface area contributed by atoms with E-state index in [4.69, 9.17) is 9.47 Å². The summed E-state index contributed by atoms with van der Waals surface area (Å²) in [6.07, 6.45) is 7.66. The Labute approximate surface area is 156 Å². The molecule has 1 aromatic carbocycles. The SMILES string of the molecule is CCCCCCCCOC(=O)CCCC(=O)Oc1ccc(C(C)=O)cc1. The lowest BCUT2D eigenvalue weighted by Crippen LogP contribution is -2.10. The molecule has 0 amide bonds. The van der Waals surface area contributed by atoms with Gasteiger partial charge in [0, 0.05) is 18.4 Å². The van der Waals surface area contributed by atoms with Crippen LogP contribution in [0.2, 0.25) is 0 Å². The van der Waals surface area contributed by atoms with Gasteiger partial charge in [0.25, 0.3) is 0 Å². The second-order valence-electron chi connectivity index (χ2n) is 6.40. The maximum absolute atomic E-state index is 11.8. The summed E-state index contributed by atoms with van der Waals surface area (Å²) in [6, 6.07) is 6.40. The van der Waals surface area contributed by atoms with E-state index >= 15 is 0 Å². The lowest BCUT2D eigenvalue weighted by Gasteiger charge is -2.06. The molecule has 0 heterocycles. The van der Waals surface area contributed by atoms with Crippen molar-refractivity contribution < 1.29 is 23.9 Å². The van der Waals surface area contributed by atoms with Gasteiger partial charge >= 0.3 is 11.9 Å². The van der Waals surface area contributed by atoms with E-state index in [1.807, 2.05) is 0 Å². The van der Waals surface area contributed by atoms with Gasteiger partial charge in [0.1, 0.15) is 5.75 Å². The van der Waals surface area contributed by atoms with E-state index in [2.05, 4.69) is 6.92 Å². The Morgan fingerprint density at radius 3 is 2.08 bits per heavy atom. The minimum absolute atomic E-state index is 0.0395. The van der Waals surface area contributed by atoms with Gasteiger partial charge < -0.3 is 9.47 Å². The van der Waals surface area contributed by atoms with Gasteiger partial charge in [0.2, 0.25) is 0 Å². The minimum atomic E-state index is -0.399. The molecule has 0 spiro atoms. The monoisotopic (exact) mass is 362 g/mol. The van der Waals surface area contributed by atoms with Gasteiger partial charge in [-0.2, -0.15) is 0 Å².